The summed E-state index contributed by atoms with van der Waals surface area (Å²) in [6, 6.07) is 3.95. The number of nitrogens with two attached hydrogens (primary N) is 1. The molecule has 1 unspecified atom stereocenters. The van der Waals surface area contributed by atoms with Gasteiger partial charge < -0.3 is 11.1 Å². The monoisotopic (exact) mass is 242 g/mol. The van der Waals surface area contributed by atoms with Crippen molar-refractivity contribution >= 4 is 0 Å². The van der Waals surface area contributed by atoms with Crippen LogP contribution in [0, 0.1) is 23.5 Å². The molecule has 0 bridgehead atoms. The van der Waals surface area contributed by atoms with Crippen LogP contribution in [0.25, 0.3) is 0 Å². The average molecular weight is 242 g/mol. The van der Waals surface area contributed by atoms with Gasteiger partial charge in [-0.25, -0.2) is 8.78 Å². The van der Waals surface area contributed by atoms with E-state index in [1.54, 1.807) is 6.07 Å². The quantitative estimate of drug-likeness (QED) is 0.803. The normalized spacial score (nSPS) is 13.1. The van der Waals surface area contributed by atoms with Crippen LogP contribution in [0.4, 0.5) is 8.78 Å². The van der Waals surface area contributed by atoms with Gasteiger partial charge in [0.05, 0.1) is 0 Å². The minimum absolute atomic E-state index is 0.403. The SMILES string of the molecule is CC(C)C(CN)CNCc1ccc(F)c(F)c1. The summed E-state index contributed by atoms with van der Waals surface area (Å²) in [6.07, 6.45) is 0. The molecule has 1 aromatic rings. The van der Waals surface area contributed by atoms with Crippen LogP contribution in [-0.4, -0.2) is 13.1 Å². The molecular formula is C13H20F2N2. The van der Waals surface area contributed by atoms with Gasteiger partial charge in [-0.1, -0.05) is 19.9 Å². The highest BCUT2D eigenvalue weighted by molar-refractivity contribution is 5.17. The Morgan fingerprint density at radius 3 is 2.47 bits per heavy atom. The van der Waals surface area contributed by atoms with Crippen LogP contribution < -0.4 is 11.1 Å². The van der Waals surface area contributed by atoms with Gasteiger partial charge in [-0.15, -0.1) is 0 Å². The van der Waals surface area contributed by atoms with E-state index in [0.29, 0.717) is 24.9 Å². The molecule has 96 valence electrons. The molecule has 0 saturated heterocycles. The Morgan fingerprint density at radius 1 is 1.24 bits per heavy atom. The summed E-state index contributed by atoms with van der Waals surface area (Å²) in [4.78, 5) is 0. The van der Waals surface area contributed by atoms with E-state index in [2.05, 4.69) is 19.2 Å². The third kappa shape index (κ3) is 4.40. The van der Waals surface area contributed by atoms with E-state index in [1.165, 1.54) is 6.07 Å². The molecule has 0 aliphatic carbocycles. The highest BCUT2D eigenvalue weighted by Gasteiger charge is 2.10. The van der Waals surface area contributed by atoms with Crippen LogP contribution in [0.3, 0.4) is 0 Å². The van der Waals surface area contributed by atoms with E-state index in [1.807, 2.05) is 0 Å². The standard InChI is InChI=1S/C13H20F2N2/c1-9(2)11(6-16)8-17-7-10-3-4-12(14)13(15)5-10/h3-5,9,11,17H,6-8,16H2,1-2H3. The first-order valence-electron chi connectivity index (χ1n) is 5.89. The summed E-state index contributed by atoms with van der Waals surface area (Å²) in [6.45, 7) is 6.18. The van der Waals surface area contributed by atoms with Crippen molar-refractivity contribution in [3.8, 4) is 0 Å². The summed E-state index contributed by atoms with van der Waals surface area (Å²) >= 11 is 0. The molecule has 2 nitrogen and oxygen atoms in total. The summed E-state index contributed by atoms with van der Waals surface area (Å²) in [5.41, 5.74) is 6.39. The van der Waals surface area contributed by atoms with E-state index in [9.17, 15) is 8.78 Å². The molecule has 1 aromatic carbocycles. The first-order valence-corrected chi connectivity index (χ1v) is 5.89. The smallest absolute Gasteiger partial charge is 0.159 e. The highest BCUT2D eigenvalue weighted by atomic mass is 19.2. The second-order valence-corrected chi connectivity index (χ2v) is 4.62. The maximum Gasteiger partial charge on any atom is 0.159 e. The van der Waals surface area contributed by atoms with Gasteiger partial charge >= 0.3 is 0 Å². The van der Waals surface area contributed by atoms with Gasteiger partial charge in [-0.05, 0) is 42.6 Å². The zero-order chi connectivity index (χ0) is 12.8. The fourth-order valence-corrected chi connectivity index (χ4v) is 1.64. The van der Waals surface area contributed by atoms with Gasteiger partial charge in [0, 0.05) is 6.54 Å². The van der Waals surface area contributed by atoms with Crippen molar-refractivity contribution in [3.63, 3.8) is 0 Å². The minimum Gasteiger partial charge on any atom is -0.330 e. The lowest BCUT2D eigenvalue weighted by Gasteiger charge is -2.19. The third-order valence-corrected chi connectivity index (χ3v) is 2.97. The molecule has 0 spiro atoms. The third-order valence-electron chi connectivity index (χ3n) is 2.97. The van der Waals surface area contributed by atoms with Crippen molar-refractivity contribution in [1.82, 2.24) is 5.32 Å². The number of hydrogen-bond acceptors (Lipinski definition) is 2. The van der Waals surface area contributed by atoms with Crippen molar-refractivity contribution in [2.45, 2.75) is 20.4 Å². The van der Waals surface area contributed by atoms with E-state index in [0.717, 1.165) is 18.2 Å². The molecule has 0 aliphatic heterocycles. The fourth-order valence-electron chi connectivity index (χ4n) is 1.64. The zero-order valence-electron chi connectivity index (χ0n) is 10.3. The predicted molar refractivity (Wildman–Crippen MR) is 65.4 cm³/mol. The van der Waals surface area contributed by atoms with Gasteiger partial charge in [-0.2, -0.15) is 0 Å². The molecule has 0 amide bonds. The van der Waals surface area contributed by atoms with Gasteiger partial charge in [0.1, 0.15) is 0 Å². The predicted octanol–water partition coefficient (Wildman–Crippen LogP) is 2.29. The molecule has 0 heterocycles. The van der Waals surface area contributed by atoms with Crippen molar-refractivity contribution in [2.24, 2.45) is 17.6 Å². The van der Waals surface area contributed by atoms with E-state index in [-0.39, 0.29) is 0 Å². The number of nitrogens with one attached hydrogen (secondary N) is 1. The molecule has 0 radical (unpaired) electrons. The lowest BCUT2D eigenvalue weighted by molar-refractivity contribution is 0.370. The van der Waals surface area contributed by atoms with E-state index in [4.69, 9.17) is 5.73 Å². The number of benzene rings is 1. The Bertz CT molecular complexity index is 353. The average Bonchev–Trinajstić information content (AvgIpc) is 2.28. The molecule has 0 saturated carbocycles. The Balaban J connectivity index is 2.42. The molecule has 4 heteroatoms. The molecular weight excluding hydrogens is 222 g/mol. The molecule has 0 aliphatic rings. The topological polar surface area (TPSA) is 38.0 Å². The van der Waals surface area contributed by atoms with Crippen LogP contribution in [0.1, 0.15) is 19.4 Å². The fraction of sp³-hybridized carbons (Fsp3) is 0.538. The van der Waals surface area contributed by atoms with Gasteiger partial charge in [-0.3, -0.25) is 0 Å². The van der Waals surface area contributed by atoms with Gasteiger partial charge in [0.15, 0.2) is 11.6 Å². The summed E-state index contributed by atoms with van der Waals surface area (Å²) in [7, 11) is 0. The van der Waals surface area contributed by atoms with Crippen LogP contribution >= 0.6 is 0 Å². The lowest BCUT2D eigenvalue weighted by atomic mass is 9.96. The summed E-state index contributed by atoms with van der Waals surface area (Å²) < 4.78 is 25.6. The van der Waals surface area contributed by atoms with E-state index < -0.39 is 11.6 Å². The summed E-state index contributed by atoms with van der Waals surface area (Å²) in [5.74, 6) is -0.697. The Labute approximate surface area is 101 Å². The second kappa shape index (κ2) is 6.67. The molecule has 1 rings (SSSR count). The first kappa shape index (κ1) is 14.1. The van der Waals surface area contributed by atoms with Crippen molar-refractivity contribution in [1.29, 1.82) is 0 Å². The number of halogens is 2. The highest BCUT2D eigenvalue weighted by Crippen LogP contribution is 2.10. The number of hydrogen-bond donors (Lipinski definition) is 2. The van der Waals surface area contributed by atoms with Crippen LogP contribution in [0.2, 0.25) is 0 Å². The van der Waals surface area contributed by atoms with E-state index >= 15 is 0 Å². The van der Waals surface area contributed by atoms with Gasteiger partial charge in [0.2, 0.25) is 0 Å². The Morgan fingerprint density at radius 2 is 1.94 bits per heavy atom. The molecule has 0 aromatic heterocycles. The molecule has 1 atom stereocenters. The largest absolute Gasteiger partial charge is 0.330 e. The van der Waals surface area contributed by atoms with Crippen LogP contribution in [0.15, 0.2) is 18.2 Å². The molecule has 3 N–H and O–H groups in total. The zero-order valence-corrected chi connectivity index (χ0v) is 10.3. The molecule has 0 fully saturated rings. The van der Waals surface area contributed by atoms with Crippen molar-refractivity contribution in [3.05, 3.63) is 35.4 Å². The Hall–Kier alpha value is -1.00. The minimum atomic E-state index is -0.809. The maximum atomic E-state index is 12.9. The lowest BCUT2D eigenvalue weighted by Crippen LogP contribution is -2.31. The number of rotatable bonds is 6. The maximum absolute atomic E-state index is 12.9. The summed E-state index contributed by atoms with van der Waals surface area (Å²) in [5, 5.41) is 3.21. The van der Waals surface area contributed by atoms with Crippen LogP contribution in [0.5, 0.6) is 0 Å². The molecule has 17 heavy (non-hydrogen) atoms. The second-order valence-electron chi connectivity index (χ2n) is 4.62. The van der Waals surface area contributed by atoms with Crippen LogP contribution in [-0.2, 0) is 6.54 Å². The van der Waals surface area contributed by atoms with Crippen molar-refractivity contribution in [2.75, 3.05) is 13.1 Å². The first-order chi connectivity index (χ1) is 8.04. The van der Waals surface area contributed by atoms with Gasteiger partial charge in [0.25, 0.3) is 0 Å². The van der Waals surface area contributed by atoms with Crippen molar-refractivity contribution < 1.29 is 8.78 Å². The Kier molecular flexibility index (Phi) is 5.51.